The Labute approximate surface area is 146 Å². The van der Waals surface area contributed by atoms with Crippen LogP contribution in [0.2, 0.25) is 0 Å². The molecule has 0 saturated carbocycles. The first-order valence-corrected chi connectivity index (χ1v) is 7.98. The molecular weight excluding hydrogens is 368 g/mol. The Morgan fingerprint density at radius 1 is 1.50 bits per heavy atom. The topological polar surface area (TPSA) is 55.6 Å². The van der Waals surface area contributed by atoms with Gasteiger partial charge < -0.3 is 15.4 Å². The van der Waals surface area contributed by atoms with E-state index >= 15 is 0 Å². The monoisotopic (exact) mass is 390 g/mol. The summed E-state index contributed by atoms with van der Waals surface area (Å²) in [6.07, 6.45) is 1.21. The number of hydrogen-bond acceptors (Lipinski definition) is 3. The van der Waals surface area contributed by atoms with Gasteiger partial charge in [-0.2, -0.15) is 0 Å². The number of nitrogens with two attached hydrogens (primary N) is 1. The number of nitrogens with zero attached hydrogens (tertiary/aromatic N) is 1. The minimum Gasteiger partial charge on any atom is -0.496 e. The van der Waals surface area contributed by atoms with Gasteiger partial charge in [0, 0.05) is 29.2 Å². The van der Waals surface area contributed by atoms with Crippen LogP contribution in [0.25, 0.3) is 0 Å². The minimum atomic E-state index is -0.0325. The Balaban J connectivity index is 0.00000242. The summed E-state index contributed by atoms with van der Waals surface area (Å²) in [6.45, 7) is 5.69. The van der Waals surface area contributed by atoms with Crippen LogP contribution >= 0.6 is 28.3 Å². The van der Waals surface area contributed by atoms with E-state index in [0.717, 1.165) is 28.8 Å². The Morgan fingerprint density at radius 2 is 2.18 bits per heavy atom. The Bertz CT molecular complexity index is 537. The highest BCUT2D eigenvalue weighted by molar-refractivity contribution is 9.10. The van der Waals surface area contributed by atoms with Crippen LogP contribution in [0.4, 0.5) is 0 Å². The molecule has 0 bridgehead atoms. The molecule has 1 saturated heterocycles. The summed E-state index contributed by atoms with van der Waals surface area (Å²) < 4.78 is 6.29. The van der Waals surface area contributed by atoms with E-state index in [0.29, 0.717) is 13.0 Å². The average Bonchev–Trinajstić information content (AvgIpc) is 2.42. The maximum absolute atomic E-state index is 12.6. The van der Waals surface area contributed by atoms with Crippen LogP contribution in [0.15, 0.2) is 22.7 Å². The van der Waals surface area contributed by atoms with Gasteiger partial charge in [-0.05, 0) is 30.0 Å². The van der Waals surface area contributed by atoms with Crippen molar-refractivity contribution in [3.63, 3.8) is 0 Å². The molecule has 22 heavy (non-hydrogen) atoms. The number of carbonyl (C=O) groups is 1. The first-order chi connectivity index (χ1) is 9.83. The highest BCUT2D eigenvalue weighted by Crippen LogP contribution is 2.29. The SMILES string of the molecule is COc1ccc(Br)cc1CC(=O)N1CCC(N)C(C)(C)C1.Cl. The maximum atomic E-state index is 12.6. The largest absolute Gasteiger partial charge is 0.496 e. The van der Waals surface area contributed by atoms with E-state index in [2.05, 4.69) is 29.8 Å². The van der Waals surface area contributed by atoms with Gasteiger partial charge in [-0.15, -0.1) is 12.4 Å². The van der Waals surface area contributed by atoms with Gasteiger partial charge >= 0.3 is 0 Å². The molecule has 1 heterocycles. The van der Waals surface area contributed by atoms with E-state index in [4.69, 9.17) is 10.5 Å². The van der Waals surface area contributed by atoms with Crippen molar-refractivity contribution in [2.24, 2.45) is 11.1 Å². The molecule has 1 fully saturated rings. The summed E-state index contributed by atoms with van der Waals surface area (Å²) in [5, 5.41) is 0. The van der Waals surface area contributed by atoms with E-state index < -0.39 is 0 Å². The molecule has 4 nitrogen and oxygen atoms in total. The molecule has 6 heteroatoms. The van der Waals surface area contributed by atoms with Gasteiger partial charge in [-0.25, -0.2) is 0 Å². The minimum absolute atomic E-state index is 0. The lowest BCUT2D eigenvalue weighted by Crippen LogP contribution is -2.54. The van der Waals surface area contributed by atoms with Crippen molar-refractivity contribution in [1.82, 2.24) is 4.90 Å². The molecule has 1 aromatic rings. The molecular formula is C16H24BrClN2O2. The predicted octanol–water partition coefficient (Wildman–Crippen LogP) is 3.01. The normalized spacial score (nSPS) is 20.2. The fraction of sp³-hybridized carbons (Fsp3) is 0.562. The molecule has 0 radical (unpaired) electrons. The van der Waals surface area contributed by atoms with Gasteiger partial charge in [0.1, 0.15) is 5.75 Å². The van der Waals surface area contributed by atoms with Crippen LogP contribution in [0.1, 0.15) is 25.8 Å². The fourth-order valence-corrected chi connectivity index (χ4v) is 3.16. The van der Waals surface area contributed by atoms with Gasteiger partial charge in [0.05, 0.1) is 13.5 Å². The van der Waals surface area contributed by atoms with E-state index in [1.54, 1.807) is 7.11 Å². The first kappa shape index (κ1) is 19.3. The molecule has 0 aliphatic carbocycles. The summed E-state index contributed by atoms with van der Waals surface area (Å²) in [4.78, 5) is 14.5. The van der Waals surface area contributed by atoms with Crippen molar-refractivity contribution >= 4 is 34.2 Å². The van der Waals surface area contributed by atoms with Gasteiger partial charge in [0.2, 0.25) is 5.91 Å². The number of benzene rings is 1. The van der Waals surface area contributed by atoms with Crippen molar-refractivity contribution in [2.45, 2.75) is 32.7 Å². The second-order valence-corrected chi connectivity index (χ2v) is 7.25. The van der Waals surface area contributed by atoms with Crippen molar-refractivity contribution < 1.29 is 9.53 Å². The quantitative estimate of drug-likeness (QED) is 0.861. The molecule has 1 aromatic carbocycles. The summed E-state index contributed by atoms with van der Waals surface area (Å²) >= 11 is 3.44. The second kappa shape index (κ2) is 7.66. The van der Waals surface area contributed by atoms with Crippen LogP contribution in [0.3, 0.4) is 0 Å². The predicted molar refractivity (Wildman–Crippen MR) is 94.6 cm³/mol. The molecule has 1 aliphatic rings. The van der Waals surface area contributed by atoms with Crippen LogP contribution in [0, 0.1) is 5.41 Å². The van der Waals surface area contributed by atoms with Crippen LogP contribution < -0.4 is 10.5 Å². The molecule has 1 unspecified atom stereocenters. The van der Waals surface area contributed by atoms with E-state index in [-0.39, 0.29) is 29.8 Å². The number of halogens is 2. The molecule has 1 atom stereocenters. The fourth-order valence-electron chi connectivity index (χ4n) is 2.75. The number of piperidine rings is 1. The molecule has 2 N–H and O–H groups in total. The number of likely N-dealkylation sites (tertiary alicyclic amines) is 1. The zero-order valence-electron chi connectivity index (χ0n) is 13.3. The lowest BCUT2D eigenvalue weighted by Gasteiger charge is -2.42. The van der Waals surface area contributed by atoms with Crippen molar-refractivity contribution in [1.29, 1.82) is 0 Å². The number of hydrogen-bond donors (Lipinski definition) is 1. The molecule has 0 aromatic heterocycles. The molecule has 1 aliphatic heterocycles. The van der Waals surface area contributed by atoms with Gasteiger partial charge in [0.15, 0.2) is 0 Å². The Hall–Kier alpha value is -0.780. The molecule has 1 amide bonds. The average molecular weight is 392 g/mol. The molecule has 124 valence electrons. The first-order valence-electron chi connectivity index (χ1n) is 7.19. The number of amides is 1. The summed E-state index contributed by atoms with van der Waals surface area (Å²) in [5.74, 6) is 0.880. The highest BCUT2D eigenvalue weighted by atomic mass is 79.9. The van der Waals surface area contributed by atoms with Crippen LogP contribution in [-0.2, 0) is 11.2 Å². The van der Waals surface area contributed by atoms with Crippen molar-refractivity contribution in [3.8, 4) is 5.75 Å². The van der Waals surface area contributed by atoms with Crippen LogP contribution in [0.5, 0.6) is 5.75 Å². The lowest BCUT2D eigenvalue weighted by molar-refractivity contribution is -0.133. The van der Waals surface area contributed by atoms with Gasteiger partial charge in [0.25, 0.3) is 0 Å². The Kier molecular flexibility index (Phi) is 6.71. The molecule has 0 spiro atoms. The van der Waals surface area contributed by atoms with E-state index in [1.165, 1.54) is 0 Å². The number of methoxy groups -OCH3 is 1. The van der Waals surface area contributed by atoms with Crippen molar-refractivity contribution in [2.75, 3.05) is 20.2 Å². The molecule has 2 rings (SSSR count). The summed E-state index contributed by atoms with van der Waals surface area (Å²) in [6, 6.07) is 5.89. The van der Waals surface area contributed by atoms with Gasteiger partial charge in [-0.3, -0.25) is 4.79 Å². The second-order valence-electron chi connectivity index (χ2n) is 6.33. The third-order valence-corrected chi connectivity index (χ3v) is 4.74. The summed E-state index contributed by atoms with van der Waals surface area (Å²) in [7, 11) is 1.63. The number of rotatable bonds is 3. The lowest BCUT2D eigenvalue weighted by atomic mass is 9.79. The van der Waals surface area contributed by atoms with E-state index in [9.17, 15) is 4.79 Å². The smallest absolute Gasteiger partial charge is 0.227 e. The Morgan fingerprint density at radius 3 is 2.77 bits per heavy atom. The third-order valence-electron chi connectivity index (χ3n) is 4.25. The van der Waals surface area contributed by atoms with Crippen molar-refractivity contribution in [3.05, 3.63) is 28.2 Å². The third kappa shape index (κ3) is 4.37. The van der Waals surface area contributed by atoms with Crippen LogP contribution in [-0.4, -0.2) is 37.0 Å². The highest BCUT2D eigenvalue weighted by Gasteiger charge is 2.35. The zero-order valence-corrected chi connectivity index (χ0v) is 15.7. The summed E-state index contributed by atoms with van der Waals surface area (Å²) in [5.41, 5.74) is 7.00. The maximum Gasteiger partial charge on any atom is 0.227 e. The zero-order chi connectivity index (χ0) is 15.6. The standard InChI is InChI=1S/C16H23BrN2O2.ClH/c1-16(2)10-19(7-6-14(16)18)15(20)9-11-8-12(17)4-5-13(11)21-3;/h4-5,8,14H,6-7,9-10,18H2,1-3H3;1H. The number of carbonyl (C=O) groups excluding carboxylic acids is 1. The number of ether oxygens (including phenoxy) is 1. The van der Waals surface area contributed by atoms with E-state index in [1.807, 2.05) is 23.1 Å². The van der Waals surface area contributed by atoms with Gasteiger partial charge in [-0.1, -0.05) is 29.8 Å².